The van der Waals surface area contributed by atoms with Gasteiger partial charge in [-0.05, 0) is 64.8 Å². The highest BCUT2D eigenvalue weighted by Crippen LogP contribution is 2.27. The molecule has 0 unspecified atom stereocenters. The van der Waals surface area contributed by atoms with Gasteiger partial charge < -0.3 is 15.2 Å². The lowest BCUT2D eigenvalue weighted by molar-refractivity contribution is -0.141. The maximum atomic E-state index is 13.8. The van der Waals surface area contributed by atoms with Crippen LogP contribution in [-0.4, -0.2) is 89.1 Å². The van der Waals surface area contributed by atoms with Gasteiger partial charge in [0.2, 0.25) is 16.0 Å². The van der Waals surface area contributed by atoms with Crippen molar-refractivity contribution < 1.29 is 36.7 Å². The van der Waals surface area contributed by atoms with Crippen LogP contribution in [0.25, 0.3) is 11.0 Å². The van der Waals surface area contributed by atoms with Crippen molar-refractivity contribution in [3.63, 3.8) is 0 Å². The third kappa shape index (κ3) is 8.39. The molecule has 1 heterocycles. The molecule has 0 bridgehead atoms. The summed E-state index contributed by atoms with van der Waals surface area (Å²) in [5.41, 5.74) is 0.401. The van der Waals surface area contributed by atoms with Crippen molar-refractivity contribution in [2.75, 3.05) is 17.5 Å². The number of aliphatic hydroxyl groups is 1. The Morgan fingerprint density at radius 1 is 1.10 bits per heavy atom. The SMILES string of the molecule is CC(C)ON(C[C@H](O)[C@H](Cc1ccccc1)N(C(=O)O)C(C)(C)C)S(=O)(=O)c1ccc2nc(NS(C)(=O)=O)[nH]c2c1. The smallest absolute Gasteiger partial charge is 0.408 e. The first-order valence-electron chi connectivity index (χ1n) is 12.8. The van der Waals surface area contributed by atoms with Crippen LogP contribution in [0.5, 0.6) is 0 Å². The lowest BCUT2D eigenvalue weighted by Gasteiger charge is -2.42. The first-order valence-corrected chi connectivity index (χ1v) is 16.1. The predicted octanol–water partition coefficient (Wildman–Crippen LogP) is 3.02. The molecule has 3 aromatic rings. The van der Waals surface area contributed by atoms with Crippen LogP contribution < -0.4 is 4.72 Å². The van der Waals surface area contributed by atoms with Crippen molar-refractivity contribution in [1.29, 1.82) is 0 Å². The Bertz CT molecular complexity index is 1570. The molecule has 0 aliphatic carbocycles. The van der Waals surface area contributed by atoms with E-state index in [1.807, 2.05) is 6.07 Å². The van der Waals surface area contributed by atoms with E-state index in [0.29, 0.717) is 9.99 Å². The van der Waals surface area contributed by atoms with E-state index in [-0.39, 0.29) is 22.8 Å². The predicted molar refractivity (Wildman–Crippen MR) is 154 cm³/mol. The molecular weight excluding hydrogens is 574 g/mol. The second-order valence-electron chi connectivity index (χ2n) is 10.9. The summed E-state index contributed by atoms with van der Waals surface area (Å²) in [6, 6.07) is 11.9. The molecule has 0 aliphatic heterocycles. The van der Waals surface area contributed by atoms with Crippen molar-refractivity contribution in [3.05, 3.63) is 54.1 Å². The van der Waals surface area contributed by atoms with Gasteiger partial charge in [0.25, 0.3) is 10.0 Å². The number of sulfonamides is 2. The van der Waals surface area contributed by atoms with Gasteiger partial charge in [-0.2, -0.15) is 0 Å². The molecule has 0 aliphatic rings. The van der Waals surface area contributed by atoms with Crippen LogP contribution in [0.15, 0.2) is 53.4 Å². The van der Waals surface area contributed by atoms with Crippen LogP contribution in [0, 0.1) is 0 Å². The number of aromatic nitrogens is 2. The Morgan fingerprint density at radius 2 is 1.73 bits per heavy atom. The number of anilines is 1. The minimum Gasteiger partial charge on any atom is -0.465 e. The van der Waals surface area contributed by atoms with Crippen molar-refractivity contribution >= 4 is 43.1 Å². The third-order valence-electron chi connectivity index (χ3n) is 5.96. The molecule has 15 heteroatoms. The van der Waals surface area contributed by atoms with Gasteiger partial charge in [-0.1, -0.05) is 34.8 Å². The summed E-state index contributed by atoms with van der Waals surface area (Å²) in [5.74, 6) is -0.0811. The largest absolute Gasteiger partial charge is 0.465 e. The quantitative estimate of drug-likeness (QED) is 0.224. The zero-order valence-electron chi connectivity index (χ0n) is 23.8. The zero-order valence-corrected chi connectivity index (χ0v) is 25.4. The molecule has 3 rings (SSSR count). The maximum Gasteiger partial charge on any atom is 0.408 e. The van der Waals surface area contributed by atoms with Crippen LogP contribution >= 0.6 is 0 Å². The third-order valence-corrected chi connectivity index (χ3v) is 8.14. The van der Waals surface area contributed by atoms with Crippen LogP contribution in [0.4, 0.5) is 10.7 Å². The molecule has 41 heavy (non-hydrogen) atoms. The molecule has 1 aromatic heterocycles. The highest BCUT2D eigenvalue weighted by atomic mass is 32.2. The first kappa shape index (κ1) is 32.3. The van der Waals surface area contributed by atoms with Gasteiger partial charge in [-0.25, -0.2) is 26.6 Å². The number of rotatable bonds is 12. The monoisotopic (exact) mass is 611 g/mol. The van der Waals surface area contributed by atoms with E-state index in [1.165, 1.54) is 18.2 Å². The zero-order chi connectivity index (χ0) is 30.8. The summed E-state index contributed by atoms with van der Waals surface area (Å²) < 4.78 is 53.6. The second kappa shape index (κ2) is 12.3. The van der Waals surface area contributed by atoms with Crippen molar-refractivity contribution in [2.24, 2.45) is 0 Å². The normalized spacial score (nSPS) is 14.4. The van der Waals surface area contributed by atoms with Crippen LogP contribution in [0.1, 0.15) is 40.2 Å². The van der Waals surface area contributed by atoms with Gasteiger partial charge in [0.05, 0.1) is 47.0 Å². The fourth-order valence-corrected chi connectivity index (χ4v) is 6.20. The summed E-state index contributed by atoms with van der Waals surface area (Å²) in [6.07, 6.45) is -2.28. The van der Waals surface area contributed by atoms with E-state index in [0.717, 1.165) is 16.7 Å². The van der Waals surface area contributed by atoms with Gasteiger partial charge in [-0.3, -0.25) is 14.5 Å². The fourth-order valence-electron chi connectivity index (χ4n) is 4.38. The fraction of sp³-hybridized carbons (Fsp3) is 0.462. The number of fused-ring (bicyclic) bond motifs is 1. The molecule has 13 nitrogen and oxygen atoms in total. The highest BCUT2D eigenvalue weighted by Gasteiger charge is 2.40. The molecule has 0 radical (unpaired) electrons. The minimum absolute atomic E-state index is 0.0811. The molecule has 0 spiro atoms. The molecule has 0 saturated carbocycles. The number of hydrogen-bond acceptors (Lipinski definition) is 8. The maximum absolute atomic E-state index is 13.8. The van der Waals surface area contributed by atoms with Crippen LogP contribution in [0.2, 0.25) is 0 Å². The molecule has 1 amide bonds. The molecule has 0 fully saturated rings. The van der Waals surface area contributed by atoms with E-state index in [1.54, 1.807) is 58.9 Å². The van der Waals surface area contributed by atoms with Gasteiger partial charge in [0, 0.05) is 5.54 Å². The number of benzene rings is 2. The molecule has 2 aromatic carbocycles. The van der Waals surface area contributed by atoms with Crippen molar-refractivity contribution in [2.45, 2.75) is 69.7 Å². The highest BCUT2D eigenvalue weighted by molar-refractivity contribution is 7.92. The van der Waals surface area contributed by atoms with Gasteiger partial charge in [-0.15, -0.1) is 0 Å². The van der Waals surface area contributed by atoms with Crippen LogP contribution in [0.3, 0.4) is 0 Å². The number of carboxylic acid groups (broad SMARTS) is 1. The van der Waals surface area contributed by atoms with Gasteiger partial charge >= 0.3 is 6.09 Å². The minimum atomic E-state index is -4.40. The van der Waals surface area contributed by atoms with Gasteiger partial charge in [0.1, 0.15) is 0 Å². The van der Waals surface area contributed by atoms with Crippen LogP contribution in [-0.2, 0) is 31.3 Å². The molecule has 0 saturated heterocycles. The number of amides is 1. The number of carbonyl (C=O) groups is 1. The summed E-state index contributed by atoms with van der Waals surface area (Å²) >= 11 is 0. The Labute approximate surface area is 240 Å². The molecule has 2 atom stereocenters. The average Bonchev–Trinajstić information content (AvgIpc) is 3.22. The Morgan fingerprint density at radius 3 is 2.27 bits per heavy atom. The summed E-state index contributed by atoms with van der Waals surface area (Å²) in [4.78, 5) is 25.8. The van der Waals surface area contributed by atoms with E-state index in [2.05, 4.69) is 14.7 Å². The van der Waals surface area contributed by atoms with Gasteiger partial charge in [0.15, 0.2) is 0 Å². The molecule has 226 valence electrons. The second-order valence-corrected chi connectivity index (χ2v) is 14.5. The Kier molecular flexibility index (Phi) is 9.70. The van der Waals surface area contributed by atoms with E-state index >= 15 is 0 Å². The first-order chi connectivity index (χ1) is 18.9. The Balaban J connectivity index is 2.00. The summed E-state index contributed by atoms with van der Waals surface area (Å²) in [6.45, 7) is 7.75. The topological polar surface area (TPSA) is 182 Å². The number of nitrogens with zero attached hydrogens (tertiary/aromatic N) is 3. The number of H-pyrrole nitrogens is 1. The van der Waals surface area contributed by atoms with Crippen molar-refractivity contribution in [1.82, 2.24) is 19.3 Å². The Hall–Kier alpha value is -3.24. The average molecular weight is 612 g/mol. The lowest BCUT2D eigenvalue weighted by atomic mass is 9.95. The number of hydrogen-bond donors (Lipinski definition) is 4. The number of hydroxylamine groups is 1. The number of nitrogens with one attached hydrogen (secondary N) is 2. The van der Waals surface area contributed by atoms with Crippen molar-refractivity contribution in [3.8, 4) is 0 Å². The summed E-state index contributed by atoms with van der Waals surface area (Å²) in [7, 11) is -8.02. The summed E-state index contributed by atoms with van der Waals surface area (Å²) in [5, 5.41) is 21.6. The standard InChI is InChI=1S/C26H37N5O8S2/c1-17(2)39-30(41(37,38)19-12-13-20-21(15-19)28-24(27-20)29-40(6,35)36)16-23(32)22(14-18-10-8-7-9-11-18)31(25(33)34)26(3,4)5/h7-13,15,17,22-23,32H,14,16H2,1-6H3,(H,33,34)(H2,27,28,29)/t22-,23-/m0/s1. The van der Waals surface area contributed by atoms with E-state index < -0.39 is 56.5 Å². The molecular formula is C26H37N5O8S2. The van der Waals surface area contributed by atoms with E-state index in [9.17, 15) is 31.8 Å². The number of aliphatic hydroxyl groups excluding tert-OH is 1. The van der Waals surface area contributed by atoms with E-state index in [4.69, 9.17) is 4.84 Å². The molecule has 4 N–H and O–H groups in total. The number of imidazole rings is 1. The number of aromatic amines is 1. The lowest BCUT2D eigenvalue weighted by Crippen LogP contribution is -2.58.